The van der Waals surface area contributed by atoms with Crippen LogP contribution in [0, 0.1) is 12.7 Å². The van der Waals surface area contributed by atoms with E-state index < -0.39 is 5.82 Å². The van der Waals surface area contributed by atoms with Crippen molar-refractivity contribution in [3.8, 4) is 17.2 Å². The number of benzene rings is 3. The van der Waals surface area contributed by atoms with Crippen molar-refractivity contribution < 1.29 is 23.5 Å². The number of methoxy groups -OCH3 is 2. The maximum absolute atomic E-state index is 13.9. The van der Waals surface area contributed by atoms with Crippen molar-refractivity contribution in [1.29, 1.82) is 0 Å². The number of nitrogens with one attached hydrogen (secondary N) is 1. The van der Waals surface area contributed by atoms with Crippen LogP contribution in [0.3, 0.4) is 0 Å². The number of aryl methyl sites for hydroxylation is 1. The number of carbonyl (C=O) groups is 2. The predicted octanol–water partition coefficient (Wildman–Crippen LogP) is 6.19. The van der Waals surface area contributed by atoms with Crippen molar-refractivity contribution in [3.63, 3.8) is 0 Å². The third-order valence-electron chi connectivity index (χ3n) is 7.56. The first-order valence-electron chi connectivity index (χ1n) is 14.7. The molecule has 0 bridgehead atoms. The summed E-state index contributed by atoms with van der Waals surface area (Å²) in [5.41, 5.74) is 3.92. The first kappa shape index (κ1) is 32.0. The van der Waals surface area contributed by atoms with Crippen molar-refractivity contribution >= 4 is 40.6 Å². The summed E-state index contributed by atoms with van der Waals surface area (Å²) in [6.07, 6.45) is 0.606. The number of thiophene rings is 1. The van der Waals surface area contributed by atoms with E-state index in [9.17, 15) is 14.0 Å². The van der Waals surface area contributed by atoms with Crippen LogP contribution < -0.4 is 14.8 Å². The molecule has 1 aliphatic heterocycles. The lowest BCUT2D eigenvalue weighted by atomic mass is 10.00. The van der Waals surface area contributed by atoms with Crippen LogP contribution >= 0.6 is 23.1 Å². The highest BCUT2D eigenvalue weighted by molar-refractivity contribution is 7.99. The average molecular weight is 671 g/mol. The Morgan fingerprint density at radius 2 is 1.72 bits per heavy atom. The van der Waals surface area contributed by atoms with Crippen molar-refractivity contribution in [1.82, 2.24) is 25.1 Å². The molecule has 2 amide bonds. The van der Waals surface area contributed by atoms with Gasteiger partial charge in [0.25, 0.3) is 11.8 Å². The Morgan fingerprint density at radius 1 is 1.00 bits per heavy atom. The molecule has 0 saturated carbocycles. The van der Waals surface area contributed by atoms with E-state index in [0.717, 1.165) is 21.7 Å². The molecule has 3 heterocycles. The van der Waals surface area contributed by atoms with Gasteiger partial charge in [0.2, 0.25) is 0 Å². The number of amides is 2. The summed E-state index contributed by atoms with van der Waals surface area (Å²) in [5, 5.41) is 20.3. The lowest BCUT2D eigenvalue weighted by molar-refractivity contribution is -0.130. The highest BCUT2D eigenvalue weighted by atomic mass is 32.2. The van der Waals surface area contributed by atoms with Crippen LogP contribution in [0.15, 0.2) is 94.5 Å². The quantitative estimate of drug-likeness (QED) is 0.167. The third-order valence-corrected chi connectivity index (χ3v) is 9.40. The zero-order valence-electron chi connectivity index (χ0n) is 25.8. The summed E-state index contributed by atoms with van der Waals surface area (Å²) >= 11 is 2.78. The Hall–Kier alpha value is -5.01. The van der Waals surface area contributed by atoms with E-state index in [-0.39, 0.29) is 30.2 Å². The van der Waals surface area contributed by atoms with Crippen LogP contribution in [-0.2, 0) is 11.3 Å². The zero-order valence-corrected chi connectivity index (χ0v) is 27.5. The lowest BCUT2D eigenvalue weighted by Gasteiger charge is -2.22. The van der Waals surface area contributed by atoms with Crippen LogP contribution in [0.25, 0.3) is 5.69 Å². The Labute approximate surface area is 279 Å². The molecule has 0 fully saturated rings. The van der Waals surface area contributed by atoms with Crippen LogP contribution in [0.4, 0.5) is 4.39 Å². The van der Waals surface area contributed by atoms with E-state index in [1.54, 1.807) is 51.2 Å². The lowest BCUT2D eigenvalue weighted by Crippen LogP contribution is -2.28. The minimum absolute atomic E-state index is 0.00727. The number of ether oxygens (including phenoxy) is 2. The zero-order chi connectivity index (χ0) is 32.9. The molecule has 1 N–H and O–H groups in total. The number of carbonyl (C=O) groups excluding carboxylic acids is 2. The molecular formula is C34H31FN6O4S2. The second-order valence-corrected chi connectivity index (χ2v) is 12.6. The Balaban J connectivity index is 1.23. The number of halogens is 1. The van der Waals surface area contributed by atoms with E-state index in [1.807, 2.05) is 48.7 Å². The fourth-order valence-electron chi connectivity index (χ4n) is 5.13. The van der Waals surface area contributed by atoms with Gasteiger partial charge in [-0.05, 0) is 60.3 Å². The second kappa shape index (κ2) is 14.2. The summed E-state index contributed by atoms with van der Waals surface area (Å²) in [6.45, 7) is 2.03. The highest BCUT2D eigenvalue weighted by Crippen LogP contribution is 2.35. The summed E-state index contributed by atoms with van der Waals surface area (Å²) in [5.74, 6) is 0.399. The summed E-state index contributed by atoms with van der Waals surface area (Å²) in [7, 11) is 3.01. The van der Waals surface area contributed by atoms with Crippen LogP contribution in [0.2, 0.25) is 0 Å². The SMILES string of the molecule is COc1cc(OC)cc(C(=O)NCc2nnc(SCC(=O)N3N=C(c4cccs4)C[C@@H]3c3ccc(C)cc3)n2-c2ccc(F)cc2)c1. The van der Waals surface area contributed by atoms with Crippen LogP contribution in [0.5, 0.6) is 11.5 Å². The number of nitrogens with zero attached hydrogens (tertiary/aromatic N) is 5. The molecule has 47 heavy (non-hydrogen) atoms. The minimum atomic E-state index is -0.399. The second-order valence-electron chi connectivity index (χ2n) is 10.7. The number of aromatic nitrogens is 3. The summed E-state index contributed by atoms with van der Waals surface area (Å²) in [4.78, 5) is 27.9. The normalized spacial score (nSPS) is 14.2. The fourth-order valence-corrected chi connectivity index (χ4v) is 6.67. The minimum Gasteiger partial charge on any atom is -0.497 e. The van der Waals surface area contributed by atoms with Gasteiger partial charge < -0.3 is 14.8 Å². The predicted molar refractivity (Wildman–Crippen MR) is 179 cm³/mol. The smallest absolute Gasteiger partial charge is 0.253 e. The molecule has 2 aromatic heterocycles. The molecule has 1 atom stereocenters. The fraction of sp³-hybridized carbons (Fsp3) is 0.206. The molecule has 1 aliphatic rings. The van der Waals surface area contributed by atoms with Crippen molar-refractivity contribution in [2.45, 2.75) is 31.1 Å². The van der Waals surface area contributed by atoms with Gasteiger partial charge in [-0.3, -0.25) is 14.2 Å². The molecule has 3 aromatic carbocycles. The standard InChI is InChI=1S/C34H31FN6O4S2/c1-21-6-8-22(9-7-21)29-18-28(30-5-4-14-46-30)39-41(29)32(42)20-47-34-38-37-31(40(34)25-12-10-24(35)11-13-25)19-36-33(43)23-15-26(44-2)17-27(16-23)45-3/h4-17,29H,18-20H2,1-3H3,(H,36,43)/t29-/m1/s1. The van der Waals surface area contributed by atoms with Gasteiger partial charge in [0, 0.05) is 23.7 Å². The topological polar surface area (TPSA) is 111 Å². The first-order valence-corrected chi connectivity index (χ1v) is 16.5. The first-order chi connectivity index (χ1) is 22.8. The Morgan fingerprint density at radius 3 is 2.38 bits per heavy atom. The van der Waals surface area contributed by atoms with Gasteiger partial charge in [0.1, 0.15) is 17.3 Å². The van der Waals surface area contributed by atoms with Gasteiger partial charge in [-0.15, -0.1) is 21.5 Å². The molecule has 0 radical (unpaired) electrons. The van der Waals surface area contributed by atoms with Crippen molar-refractivity contribution in [2.24, 2.45) is 5.10 Å². The molecular weight excluding hydrogens is 640 g/mol. The van der Waals surface area contributed by atoms with E-state index in [2.05, 4.69) is 15.5 Å². The maximum atomic E-state index is 13.9. The van der Waals surface area contributed by atoms with Gasteiger partial charge in [-0.2, -0.15) is 5.10 Å². The number of hydrogen-bond donors (Lipinski definition) is 1. The van der Waals surface area contributed by atoms with E-state index >= 15 is 0 Å². The largest absolute Gasteiger partial charge is 0.497 e. The van der Waals surface area contributed by atoms with Gasteiger partial charge in [-0.25, -0.2) is 9.40 Å². The molecule has 240 valence electrons. The van der Waals surface area contributed by atoms with Crippen molar-refractivity contribution in [2.75, 3.05) is 20.0 Å². The molecule has 0 aliphatic carbocycles. The van der Waals surface area contributed by atoms with Crippen LogP contribution in [-0.4, -0.2) is 57.3 Å². The molecule has 6 rings (SSSR count). The number of hydrogen-bond acceptors (Lipinski definition) is 9. The molecule has 0 unspecified atom stereocenters. The van der Waals surface area contributed by atoms with Crippen molar-refractivity contribution in [3.05, 3.63) is 117 Å². The molecule has 0 saturated heterocycles. The van der Waals surface area contributed by atoms with E-state index in [4.69, 9.17) is 14.6 Å². The van der Waals surface area contributed by atoms with E-state index in [0.29, 0.717) is 40.2 Å². The van der Waals surface area contributed by atoms with Gasteiger partial charge >= 0.3 is 0 Å². The molecule has 0 spiro atoms. The molecule has 5 aromatic rings. The Bertz CT molecular complexity index is 1890. The van der Waals surface area contributed by atoms with Gasteiger partial charge in [0.05, 0.1) is 43.1 Å². The van der Waals surface area contributed by atoms with E-state index in [1.165, 1.54) is 38.1 Å². The molecule has 13 heteroatoms. The van der Waals surface area contributed by atoms with Crippen LogP contribution in [0.1, 0.15) is 44.6 Å². The number of hydrazone groups is 1. The third kappa shape index (κ3) is 7.21. The summed E-state index contributed by atoms with van der Waals surface area (Å²) < 4.78 is 26.1. The monoisotopic (exact) mass is 670 g/mol. The van der Waals surface area contributed by atoms with Gasteiger partial charge in [-0.1, -0.05) is 47.7 Å². The highest BCUT2D eigenvalue weighted by Gasteiger charge is 2.33. The summed E-state index contributed by atoms with van der Waals surface area (Å²) in [6, 6.07) is 22.6. The Kier molecular flexibility index (Phi) is 9.64. The average Bonchev–Trinajstić information content (AvgIpc) is 3.87. The molecule has 10 nitrogen and oxygen atoms in total. The maximum Gasteiger partial charge on any atom is 0.253 e. The number of rotatable bonds is 11. The van der Waals surface area contributed by atoms with Gasteiger partial charge in [0.15, 0.2) is 11.0 Å². The number of thioether (sulfide) groups is 1.